The third-order valence-electron chi connectivity index (χ3n) is 1.48. The fourth-order valence-corrected chi connectivity index (χ4v) is 0.991. The normalized spacial score (nSPS) is 12.1. The second kappa shape index (κ2) is 3.41. The minimum absolute atomic E-state index is 0.0247. The van der Waals surface area contributed by atoms with Gasteiger partial charge in [-0.3, -0.25) is 0 Å². The van der Waals surface area contributed by atoms with Crippen LogP contribution in [0.25, 0.3) is 0 Å². The SMILES string of the molecule is C[C@@H](Cl)c1cccc(C#N)c1. The minimum atomic E-state index is -0.0247. The molecule has 1 nitrogen and oxygen atoms in total. The number of hydrogen-bond acceptors (Lipinski definition) is 1. The number of rotatable bonds is 1. The van der Waals surface area contributed by atoms with E-state index in [-0.39, 0.29) is 5.38 Å². The number of alkyl halides is 1. The summed E-state index contributed by atoms with van der Waals surface area (Å²) in [6, 6.07) is 9.39. The minimum Gasteiger partial charge on any atom is -0.192 e. The van der Waals surface area contributed by atoms with E-state index < -0.39 is 0 Å². The monoisotopic (exact) mass is 165 g/mol. The predicted molar refractivity (Wildman–Crippen MR) is 45.4 cm³/mol. The van der Waals surface area contributed by atoms with E-state index in [1.807, 2.05) is 19.1 Å². The van der Waals surface area contributed by atoms with Crippen LogP contribution in [-0.4, -0.2) is 0 Å². The number of halogens is 1. The summed E-state index contributed by atoms with van der Waals surface area (Å²) in [6.07, 6.45) is 0. The lowest BCUT2D eigenvalue weighted by Gasteiger charge is -2.01. The number of hydrogen-bond donors (Lipinski definition) is 0. The van der Waals surface area contributed by atoms with Crippen molar-refractivity contribution >= 4 is 11.6 Å². The molecule has 0 aliphatic rings. The Bertz CT molecular complexity index is 286. The molecule has 11 heavy (non-hydrogen) atoms. The molecule has 0 aliphatic heterocycles. The van der Waals surface area contributed by atoms with Gasteiger partial charge in [0.25, 0.3) is 0 Å². The fourth-order valence-electron chi connectivity index (χ4n) is 0.856. The maximum atomic E-state index is 8.55. The molecule has 0 radical (unpaired) electrons. The van der Waals surface area contributed by atoms with Gasteiger partial charge in [0.15, 0.2) is 0 Å². The Kier molecular flexibility index (Phi) is 2.51. The summed E-state index contributed by atoms with van der Waals surface area (Å²) in [5.41, 5.74) is 1.65. The second-order valence-electron chi connectivity index (χ2n) is 2.35. The van der Waals surface area contributed by atoms with Gasteiger partial charge in [-0.15, -0.1) is 11.6 Å². The highest BCUT2D eigenvalue weighted by molar-refractivity contribution is 6.20. The topological polar surface area (TPSA) is 23.8 Å². The molecular formula is C9H8ClN. The van der Waals surface area contributed by atoms with Crippen LogP contribution < -0.4 is 0 Å². The molecule has 1 aromatic rings. The lowest BCUT2D eigenvalue weighted by molar-refractivity contribution is 1.08. The first-order valence-corrected chi connectivity index (χ1v) is 3.82. The molecular weight excluding hydrogens is 158 g/mol. The van der Waals surface area contributed by atoms with E-state index >= 15 is 0 Å². The van der Waals surface area contributed by atoms with Gasteiger partial charge in [-0.05, 0) is 24.6 Å². The average Bonchev–Trinajstić information content (AvgIpc) is 2.05. The standard InChI is InChI=1S/C9H8ClN/c1-7(10)9-4-2-3-8(5-9)6-11/h2-5,7H,1H3/t7-/m1/s1. The summed E-state index contributed by atoms with van der Waals surface area (Å²) in [7, 11) is 0. The first-order valence-electron chi connectivity index (χ1n) is 3.38. The van der Waals surface area contributed by atoms with Gasteiger partial charge in [-0.25, -0.2) is 0 Å². The van der Waals surface area contributed by atoms with E-state index in [4.69, 9.17) is 16.9 Å². The van der Waals surface area contributed by atoms with Crippen molar-refractivity contribution in [1.29, 1.82) is 5.26 Å². The third kappa shape index (κ3) is 1.96. The molecule has 0 spiro atoms. The first-order chi connectivity index (χ1) is 5.24. The van der Waals surface area contributed by atoms with Gasteiger partial charge in [0.1, 0.15) is 0 Å². The van der Waals surface area contributed by atoms with Crippen LogP contribution in [0.5, 0.6) is 0 Å². The van der Waals surface area contributed by atoms with Gasteiger partial charge in [0.2, 0.25) is 0 Å². The second-order valence-corrected chi connectivity index (χ2v) is 3.01. The van der Waals surface area contributed by atoms with Crippen LogP contribution in [-0.2, 0) is 0 Å². The summed E-state index contributed by atoms with van der Waals surface area (Å²) in [5.74, 6) is 0. The third-order valence-corrected chi connectivity index (χ3v) is 1.73. The summed E-state index contributed by atoms with van der Waals surface area (Å²) < 4.78 is 0. The van der Waals surface area contributed by atoms with Crippen molar-refractivity contribution in [2.75, 3.05) is 0 Å². The zero-order valence-electron chi connectivity index (χ0n) is 6.21. The zero-order chi connectivity index (χ0) is 8.27. The van der Waals surface area contributed by atoms with Crippen molar-refractivity contribution in [1.82, 2.24) is 0 Å². The number of benzene rings is 1. The Balaban J connectivity index is 3.03. The van der Waals surface area contributed by atoms with Crippen LogP contribution in [0.15, 0.2) is 24.3 Å². The van der Waals surface area contributed by atoms with Crippen LogP contribution in [0.4, 0.5) is 0 Å². The van der Waals surface area contributed by atoms with Crippen LogP contribution in [0.1, 0.15) is 23.4 Å². The molecule has 2 heteroatoms. The zero-order valence-corrected chi connectivity index (χ0v) is 6.97. The highest BCUT2D eigenvalue weighted by atomic mass is 35.5. The van der Waals surface area contributed by atoms with Crippen LogP contribution in [0.3, 0.4) is 0 Å². The Hall–Kier alpha value is -1.00. The van der Waals surface area contributed by atoms with Gasteiger partial charge >= 0.3 is 0 Å². The summed E-state index contributed by atoms with van der Waals surface area (Å²) >= 11 is 5.82. The van der Waals surface area contributed by atoms with Gasteiger partial charge in [-0.2, -0.15) is 5.26 Å². The van der Waals surface area contributed by atoms with Crippen LogP contribution in [0.2, 0.25) is 0 Å². The maximum Gasteiger partial charge on any atom is 0.0991 e. The Morgan fingerprint density at radius 1 is 1.55 bits per heavy atom. The molecule has 0 saturated heterocycles. The summed E-state index contributed by atoms with van der Waals surface area (Å²) in [6.45, 7) is 1.89. The highest BCUT2D eigenvalue weighted by Gasteiger charge is 2.00. The van der Waals surface area contributed by atoms with E-state index in [1.165, 1.54) is 0 Å². The smallest absolute Gasteiger partial charge is 0.0991 e. The van der Waals surface area contributed by atoms with Crippen LogP contribution in [0, 0.1) is 11.3 Å². The van der Waals surface area contributed by atoms with E-state index in [1.54, 1.807) is 12.1 Å². The molecule has 0 fully saturated rings. The van der Waals surface area contributed by atoms with Crippen molar-refractivity contribution < 1.29 is 0 Å². The maximum absolute atomic E-state index is 8.55. The largest absolute Gasteiger partial charge is 0.192 e. The van der Waals surface area contributed by atoms with Gasteiger partial charge in [-0.1, -0.05) is 12.1 Å². The van der Waals surface area contributed by atoms with E-state index in [0.29, 0.717) is 5.56 Å². The first kappa shape index (κ1) is 8.10. The predicted octanol–water partition coefficient (Wildman–Crippen LogP) is 2.86. The van der Waals surface area contributed by atoms with Crippen molar-refractivity contribution in [3.63, 3.8) is 0 Å². The molecule has 0 aromatic heterocycles. The molecule has 0 bridgehead atoms. The van der Waals surface area contributed by atoms with Crippen molar-refractivity contribution in [3.8, 4) is 6.07 Å². The van der Waals surface area contributed by atoms with E-state index in [2.05, 4.69) is 6.07 Å². The van der Waals surface area contributed by atoms with E-state index in [0.717, 1.165) is 5.56 Å². The Morgan fingerprint density at radius 2 is 2.27 bits per heavy atom. The lowest BCUT2D eigenvalue weighted by Crippen LogP contribution is -1.84. The molecule has 1 rings (SSSR count). The molecule has 0 amide bonds. The molecule has 1 atom stereocenters. The molecule has 0 N–H and O–H groups in total. The van der Waals surface area contributed by atoms with E-state index in [9.17, 15) is 0 Å². The van der Waals surface area contributed by atoms with Crippen molar-refractivity contribution in [2.45, 2.75) is 12.3 Å². The molecule has 1 aromatic carbocycles. The molecule has 0 heterocycles. The van der Waals surface area contributed by atoms with Gasteiger partial charge < -0.3 is 0 Å². The van der Waals surface area contributed by atoms with Gasteiger partial charge in [0, 0.05) is 0 Å². The molecule has 0 unspecified atom stereocenters. The number of nitriles is 1. The molecule has 56 valence electrons. The van der Waals surface area contributed by atoms with Gasteiger partial charge in [0.05, 0.1) is 17.0 Å². The average molecular weight is 166 g/mol. The number of nitrogens with zero attached hydrogens (tertiary/aromatic N) is 1. The van der Waals surface area contributed by atoms with Crippen molar-refractivity contribution in [3.05, 3.63) is 35.4 Å². The molecule has 0 saturated carbocycles. The Labute approximate surface area is 71.2 Å². The van der Waals surface area contributed by atoms with Crippen molar-refractivity contribution in [2.24, 2.45) is 0 Å². The highest BCUT2D eigenvalue weighted by Crippen LogP contribution is 2.19. The fraction of sp³-hybridized carbons (Fsp3) is 0.222. The summed E-state index contributed by atoms with van der Waals surface area (Å²) in [5, 5.41) is 8.53. The molecule has 0 aliphatic carbocycles. The summed E-state index contributed by atoms with van der Waals surface area (Å²) in [4.78, 5) is 0. The lowest BCUT2D eigenvalue weighted by atomic mass is 10.1. The quantitative estimate of drug-likeness (QED) is 0.587. The van der Waals surface area contributed by atoms with Crippen LogP contribution >= 0.6 is 11.6 Å². The Morgan fingerprint density at radius 3 is 2.82 bits per heavy atom.